The molecule has 5 heterocycles. The molecule has 0 saturated carbocycles. The highest BCUT2D eigenvalue weighted by atomic mass is 32.1. The highest BCUT2D eigenvalue weighted by molar-refractivity contribution is 7.13. The number of aryl methyl sites for hydroxylation is 1. The second kappa shape index (κ2) is 7.52. The third-order valence-electron chi connectivity index (χ3n) is 5.56. The van der Waals surface area contributed by atoms with E-state index in [4.69, 9.17) is 18.9 Å². The summed E-state index contributed by atoms with van der Waals surface area (Å²) in [6.07, 6.45) is 3.10. The molecule has 32 heavy (non-hydrogen) atoms. The van der Waals surface area contributed by atoms with Gasteiger partial charge in [-0.05, 0) is 31.5 Å². The molecule has 0 atom stereocenters. The van der Waals surface area contributed by atoms with Gasteiger partial charge in [0.1, 0.15) is 29.4 Å². The summed E-state index contributed by atoms with van der Waals surface area (Å²) in [5, 5.41) is 8.44. The summed E-state index contributed by atoms with van der Waals surface area (Å²) >= 11 is 1.66. The molecule has 0 unspecified atom stereocenters. The molecule has 162 valence electrons. The molecule has 1 saturated heterocycles. The van der Waals surface area contributed by atoms with E-state index in [-0.39, 0.29) is 0 Å². The molecule has 0 radical (unpaired) electrons. The minimum Gasteiger partial charge on any atom is -0.496 e. The first-order valence-corrected chi connectivity index (χ1v) is 11.3. The highest BCUT2D eigenvalue weighted by Crippen LogP contribution is 2.37. The first-order valence-electron chi connectivity index (χ1n) is 10.4. The number of thiazole rings is 1. The summed E-state index contributed by atoms with van der Waals surface area (Å²) in [5.74, 6) is 2.00. The number of furan rings is 1. The largest absolute Gasteiger partial charge is 0.496 e. The Morgan fingerprint density at radius 3 is 2.88 bits per heavy atom. The molecule has 8 nitrogen and oxygen atoms in total. The van der Waals surface area contributed by atoms with Crippen LogP contribution < -0.4 is 14.4 Å². The molecular formula is C23H21N5O3S. The zero-order valence-electron chi connectivity index (χ0n) is 17.7. The minimum atomic E-state index is 0.380. The molecule has 1 aliphatic heterocycles. The standard InChI is InChI=1S/C23H21N5O3S/c1-14-4-5-22-25-18(11-28(22)26-14)21-10-17-19(8-16(29-2)9-20(17)31-21)30-12-15-13-32-23(24-15)27-6-3-7-27/h4-5,8-11,13H,3,6-7,12H2,1-2H3. The lowest BCUT2D eigenvalue weighted by molar-refractivity contribution is 0.303. The monoisotopic (exact) mass is 447 g/mol. The van der Waals surface area contributed by atoms with Crippen LogP contribution in [0.3, 0.4) is 0 Å². The summed E-state index contributed by atoms with van der Waals surface area (Å²) in [5.41, 5.74) is 3.99. The minimum absolute atomic E-state index is 0.380. The quantitative estimate of drug-likeness (QED) is 0.373. The number of methoxy groups -OCH3 is 1. The van der Waals surface area contributed by atoms with E-state index in [9.17, 15) is 0 Å². The van der Waals surface area contributed by atoms with Gasteiger partial charge in [0, 0.05) is 30.6 Å². The van der Waals surface area contributed by atoms with Crippen LogP contribution in [0.4, 0.5) is 5.13 Å². The maximum atomic E-state index is 6.16. The molecule has 4 aromatic heterocycles. The van der Waals surface area contributed by atoms with Crippen LogP contribution in [-0.4, -0.2) is 39.8 Å². The second-order valence-corrected chi connectivity index (χ2v) is 8.64. The summed E-state index contributed by atoms with van der Waals surface area (Å²) in [6.45, 7) is 4.50. The van der Waals surface area contributed by atoms with E-state index in [1.165, 1.54) is 6.42 Å². The van der Waals surface area contributed by atoms with Gasteiger partial charge in [-0.25, -0.2) is 14.5 Å². The van der Waals surface area contributed by atoms with Crippen LogP contribution in [0, 0.1) is 6.92 Å². The normalized spacial score (nSPS) is 13.6. The lowest BCUT2D eigenvalue weighted by Crippen LogP contribution is -2.36. The maximum absolute atomic E-state index is 6.16. The Morgan fingerprint density at radius 1 is 1.16 bits per heavy atom. The van der Waals surface area contributed by atoms with Crippen LogP contribution in [0.25, 0.3) is 28.1 Å². The SMILES string of the molecule is COc1cc(OCc2csc(N3CCC3)n2)c2cc(-c3cn4nc(C)ccc4n3)oc2c1. The van der Waals surface area contributed by atoms with Crippen molar-refractivity contribution >= 4 is 33.1 Å². The number of hydrogen-bond donors (Lipinski definition) is 0. The molecule has 0 N–H and O–H groups in total. The Labute approximate surface area is 188 Å². The van der Waals surface area contributed by atoms with Gasteiger partial charge in [0.2, 0.25) is 0 Å². The van der Waals surface area contributed by atoms with Gasteiger partial charge in [0.05, 0.1) is 30.1 Å². The average Bonchev–Trinajstić information content (AvgIpc) is 3.48. The Hall–Kier alpha value is -3.59. The van der Waals surface area contributed by atoms with Crippen molar-refractivity contribution in [3.63, 3.8) is 0 Å². The van der Waals surface area contributed by atoms with Crippen LogP contribution in [0.1, 0.15) is 17.8 Å². The molecule has 1 fully saturated rings. The van der Waals surface area contributed by atoms with E-state index in [1.54, 1.807) is 23.0 Å². The zero-order chi connectivity index (χ0) is 21.7. The van der Waals surface area contributed by atoms with Gasteiger partial charge in [-0.15, -0.1) is 11.3 Å². The van der Waals surface area contributed by atoms with Crippen molar-refractivity contribution in [2.24, 2.45) is 0 Å². The number of ether oxygens (including phenoxy) is 2. The Balaban J connectivity index is 1.32. The summed E-state index contributed by atoms with van der Waals surface area (Å²) in [7, 11) is 1.63. The molecule has 0 bridgehead atoms. The van der Waals surface area contributed by atoms with E-state index in [2.05, 4.69) is 20.4 Å². The number of rotatable bonds is 6. The number of benzene rings is 1. The third-order valence-corrected chi connectivity index (χ3v) is 6.51. The van der Waals surface area contributed by atoms with Gasteiger partial charge in [-0.2, -0.15) is 5.10 Å². The summed E-state index contributed by atoms with van der Waals surface area (Å²) < 4.78 is 19.5. The number of nitrogens with zero attached hydrogens (tertiary/aromatic N) is 5. The van der Waals surface area contributed by atoms with E-state index in [1.807, 2.05) is 43.5 Å². The van der Waals surface area contributed by atoms with Crippen molar-refractivity contribution in [3.8, 4) is 23.0 Å². The van der Waals surface area contributed by atoms with Gasteiger partial charge in [-0.1, -0.05) is 0 Å². The van der Waals surface area contributed by atoms with Crippen molar-refractivity contribution in [3.05, 3.63) is 53.3 Å². The Morgan fingerprint density at radius 2 is 2.06 bits per heavy atom. The zero-order valence-corrected chi connectivity index (χ0v) is 18.6. The molecule has 1 aromatic carbocycles. The van der Waals surface area contributed by atoms with Gasteiger partial charge in [0.15, 0.2) is 16.5 Å². The second-order valence-electron chi connectivity index (χ2n) is 7.80. The third kappa shape index (κ3) is 3.34. The number of aromatic nitrogens is 4. The summed E-state index contributed by atoms with van der Waals surface area (Å²) in [4.78, 5) is 11.6. The molecule has 0 spiro atoms. The molecule has 5 aromatic rings. The van der Waals surface area contributed by atoms with Crippen LogP contribution in [0.5, 0.6) is 11.5 Å². The number of anilines is 1. The van der Waals surface area contributed by atoms with Crippen LogP contribution >= 0.6 is 11.3 Å². The molecule has 0 amide bonds. The smallest absolute Gasteiger partial charge is 0.185 e. The van der Waals surface area contributed by atoms with Crippen LogP contribution in [0.2, 0.25) is 0 Å². The Kier molecular flexibility index (Phi) is 4.50. The fourth-order valence-electron chi connectivity index (χ4n) is 3.71. The lowest BCUT2D eigenvalue weighted by atomic mass is 10.2. The molecular weight excluding hydrogens is 426 g/mol. The number of hydrogen-bond acceptors (Lipinski definition) is 8. The van der Waals surface area contributed by atoms with Crippen molar-refractivity contribution in [2.75, 3.05) is 25.1 Å². The predicted octanol–water partition coefficient (Wildman–Crippen LogP) is 4.71. The van der Waals surface area contributed by atoms with Crippen molar-refractivity contribution in [1.82, 2.24) is 19.6 Å². The Bertz CT molecular complexity index is 1430. The van der Waals surface area contributed by atoms with Crippen LogP contribution in [0.15, 0.2) is 46.3 Å². The fourth-order valence-corrected chi connectivity index (χ4v) is 4.57. The van der Waals surface area contributed by atoms with E-state index < -0.39 is 0 Å². The lowest BCUT2D eigenvalue weighted by Gasteiger charge is -2.30. The van der Waals surface area contributed by atoms with E-state index >= 15 is 0 Å². The van der Waals surface area contributed by atoms with E-state index in [0.717, 1.165) is 40.6 Å². The van der Waals surface area contributed by atoms with Crippen molar-refractivity contribution in [1.29, 1.82) is 0 Å². The first-order chi connectivity index (χ1) is 15.7. The maximum Gasteiger partial charge on any atom is 0.185 e. The molecule has 0 aliphatic carbocycles. The van der Waals surface area contributed by atoms with Gasteiger partial charge in [0.25, 0.3) is 0 Å². The van der Waals surface area contributed by atoms with Gasteiger partial charge in [-0.3, -0.25) is 0 Å². The van der Waals surface area contributed by atoms with Gasteiger partial charge < -0.3 is 18.8 Å². The fraction of sp³-hybridized carbons (Fsp3) is 0.261. The average molecular weight is 448 g/mol. The molecule has 1 aliphatic rings. The van der Waals surface area contributed by atoms with E-state index in [0.29, 0.717) is 35.1 Å². The summed E-state index contributed by atoms with van der Waals surface area (Å²) in [6, 6.07) is 9.56. The number of fused-ring (bicyclic) bond motifs is 2. The van der Waals surface area contributed by atoms with Crippen molar-refractivity contribution < 1.29 is 13.9 Å². The van der Waals surface area contributed by atoms with Crippen LogP contribution in [-0.2, 0) is 6.61 Å². The topological polar surface area (TPSA) is 77.9 Å². The molecule has 9 heteroatoms. The highest BCUT2D eigenvalue weighted by Gasteiger charge is 2.19. The molecule has 6 rings (SSSR count). The predicted molar refractivity (Wildman–Crippen MR) is 123 cm³/mol. The first kappa shape index (κ1) is 19.1. The van der Waals surface area contributed by atoms with Gasteiger partial charge >= 0.3 is 0 Å². The number of imidazole rings is 1. The van der Waals surface area contributed by atoms with Crippen molar-refractivity contribution in [2.45, 2.75) is 20.0 Å².